The Bertz CT molecular complexity index is 3190. The van der Waals surface area contributed by atoms with Crippen LogP contribution in [0, 0.1) is 0 Å². The van der Waals surface area contributed by atoms with Crippen LogP contribution in [0.15, 0.2) is 200 Å². The van der Waals surface area contributed by atoms with E-state index in [1.807, 2.05) is 22.7 Å². The maximum absolute atomic E-state index is 6.96. The average molecular weight is 817 g/mol. The van der Waals surface area contributed by atoms with Gasteiger partial charge in [-0.15, -0.1) is 22.7 Å². The molecular weight excluding hydrogens is 784 g/mol. The zero-order chi connectivity index (χ0) is 40.0. The fourth-order valence-electron chi connectivity index (χ4n) is 9.47. The molecule has 0 unspecified atom stereocenters. The summed E-state index contributed by atoms with van der Waals surface area (Å²) >= 11 is 3.62. The van der Waals surface area contributed by atoms with E-state index in [0.29, 0.717) is 0 Å². The minimum atomic E-state index is -0.0349. The van der Waals surface area contributed by atoms with Crippen LogP contribution < -0.4 is 35.7 Å². The Hall–Kier alpha value is -7.32. The summed E-state index contributed by atoms with van der Waals surface area (Å²) in [5, 5.41) is 4.87. The third-order valence-electron chi connectivity index (χ3n) is 12.2. The van der Waals surface area contributed by atoms with Crippen molar-refractivity contribution in [3.8, 4) is 23.0 Å². The summed E-state index contributed by atoms with van der Waals surface area (Å²) in [6.45, 7) is -0.0349. The van der Waals surface area contributed by atoms with Gasteiger partial charge >= 0.3 is 0 Å². The molecule has 0 radical (unpaired) electrons. The van der Waals surface area contributed by atoms with Gasteiger partial charge < -0.3 is 19.3 Å². The molecular formula is C54H33BN2O2S2. The zero-order valence-corrected chi connectivity index (χ0v) is 34.3. The highest BCUT2D eigenvalue weighted by atomic mass is 32.1. The molecule has 0 N–H and O–H groups in total. The minimum Gasteiger partial charge on any atom is -0.457 e. The van der Waals surface area contributed by atoms with E-state index >= 15 is 0 Å². The van der Waals surface area contributed by atoms with E-state index in [-0.39, 0.29) is 6.71 Å². The molecule has 0 spiro atoms. The number of benzene rings is 9. The predicted octanol–water partition coefficient (Wildman–Crippen LogP) is 14.1. The summed E-state index contributed by atoms with van der Waals surface area (Å²) in [5.41, 5.74) is 10.1. The number of nitrogens with zero attached hydrogens (tertiary/aromatic N) is 2. The van der Waals surface area contributed by atoms with Crippen molar-refractivity contribution < 1.29 is 9.47 Å². The lowest BCUT2D eigenvalue weighted by atomic mass is 9.35. The first kappa shape index (κ1) is 34.5. The van der Waals surface area contributed by atoms with Crippen LogP contribution in [-0.2, 0) is 0 Å². The van der Waals surface area contributed by atoms with Gasteiger partial charge in [0.1, 0.15) is 23.0 Å². The van der Waals surface area contributed by atoms with Crippen LogP contribution in [0.2, 0.25) is 0 Å². The highest BCUT2D eigenvalue weighted by molar-refractivity contribution is 7.27. The molecule has 0 bridgehead atoms. The van der Waals surface area contributed by atoms with Gasteiger partial charge in [0.15, 0.2) is 0 Å². The number of para-hydroxylation sites is 4. The standard InChI is InChI=1S/C54H33BN2O2S2/c1-5-14-34(15-6-1)56(35-16-7-2-8-17-35)38-24-26-40-42-28-30-44-51(53(42)60-48(40)32-38)58-46-22-13-23-47-50(46)55(44)45-31-29-43-41-27-25-39(33-49(41)61-54(43)52(45)59-47)57(36-18-9-3-10-19-36)37-20-11-4-12-21-37/h1-33H. The molecule has 2 aliphatic rings. The predicted molar refractivity (Wildman–Crippen MR) is 259 cm³/mol. The van der Waals surface area contributed by atoms with E-state index in [9.17, 15) is 0 Å². The van der Waals surface area contributed by atoms with Crippen molar-refractivity contribution in [3.63, 3.8) is 0 Å². The number of fused-ring (bicyclic) bond motifs is 12. The van der Waals surface area contributed by atoms with Gasteiger partial charge in [-0.1, -0.05) is 115 Å². The monoisotopic (exact) mass is 816 g/mol. The smallest absolute Gasteiger partial charge is 0.260 e. The third-order valence-corrected chi connectivity index (χ3v) is 14.5. The van der Waals surface area contributed by atoms with Crippen LogP contribution in [0.5, 0.6) is 23.0 Å². The molecule has 2 aromatic heterocycles. The third kappa shape index (κ3) is 5.37. The largest absolute Gasteiger partial charge is 0.457 e. The lowest BCUT2D eigenvalue weighted by Crippen LogP contribution is -2.57. The number of thiophene rings is 2. The maximum Gasteiger partial charge on any atom is 0.260 e. The molecule has 0 aliphatic carbocycles. The summed E-state index contributed by atoms with van der Waals surface area (Å²) in [4.78, 5) is 4.65. The van der Waals surface area contributed by atoms with E-state index in [0.717, 1.165) is 72.0 Å². The van der Waals surface area contributed by atoms with Gasteiger partial charge in [0.25, 0.3) is 6.71 Å². The normalized spacial score (nSPS) is 12.5. The van der Waals surface area contributed by atoms with Crippen LogP contribution in [0.1, 0.15) is 0 Å². The van der Waals surface area contributed by atoms with Crippen LogP contribution in [0.4, 0.5) is 34.1 Å². The zero-order valence-electron chi connectivity index (χ0n) is 32.7. The Balaban J connectivity index is 0.950. The van der Waals surface area contributed by atoms with Crippen LogP contribution in [-0.4, -0.2) is 6.71 Å². The lowest BCUT2D eigenvalue weighted by molar-refractivity contribution is 0.470. The summed E-state index contributed by atoms with van der Waals surface area (Å²) in [7, 11) is 0. The Morgan fingerprint density at radius 3 is 1.11 bits per heavy atom. The molecule has 11 aromatic rings. The topological polar surface area (TPSA) is 24.9 Å². The van der Waals surface area contributed by atoms with Crippen molar-refractivity contribution in [2.24, 2.45) is 0 Å². The summed E-state index contributed by atoms with van der Waals surface area (Å²) in [6, 6.07) is 71.5. The van der Waals surface area contributed by atoms with Gasteiger partial charge in [-0.25, -0.2) is 0 Å². The molecule has 2 aliphatic heterocycles. The Morgan fingerprint density at radius 2 is 0.721 bits per heavy atom. The van der Waals surface area contributed by atoms with Gasteiger partial charge in [-0.3, -0.25) is 0 Å². The number of hydrogen-bond donors (Lipinski definition) is 0. The number of rotatable bonds is 6. The summed E-state index contributed by atoms with van der Waals surface area (Å²) in [6.07, 6.45) is 0. The van der Waals surface area contributed by atoms with Crippen molar-refractivity contribution >= 4 is 120 Å². The second-order valence-electron chi connectivity index (χ2n) is 15.6. The fraction of sp³-hybridized carbons (Fsp3) is 0. The van der Waals surface area contributed by atoms with Crippen molar-refractivity contribution in [2.75, 3.05) is 9.80 Å². The number of ether oxygens (including phenoxy) is 2. The fourth-order valence-corrected chi connectivity index (χ4v) is 11.9. The number of anilines is 6. The molecule has 13 rings (SSSR count). The van der Waals surface area contributed by atoms with Gasteiger partial charge in [0, 0.05) is 70.5 Å². The Kier molecular flexibility index (Phi) is 7.71. The molecule has 4 nitrogen and oxygen atoms in total. The first-order chi connectivity index (χ1) is 30.2. The quantitative estimate of drug-likeness (QED) is 0.156. The second-order valence-corrected chi connectivity index (χ2v) is 17.7. The lowest BCUT2D eigenvalue weighted by Gasteiger charge is -2.33. The van der Waals surface area contributed by atoms with Gasteiger partial charge in [0.2, 0.25) is 0 Å². The van der Waals surface area contributed by atoms with Crippen molar-refractivity contribution in [3.05, 3.63) is 200 Å². The molecule has 61 heavy (non-hydrogen) atoms. The molecule has 9 aromatic carbocycles. The highest BCUT2D eigenvalue weighted by Crippen LogP contribution is 2.48. The summed E-state index contributed by atoms with van der Waals surface area (Å²) < 4.78 is 18.7. The minimum absolute atomic E-state index is 0.0349. The van der Waals surface area contributed by atoms with Crippen molar-refractivity contribution in [1.29, 1.82) is 0 Å². The first-order valence-corrected chi connectivity index (χ1v) is 22.2. The number of hydrogen-bond acceptors (Lipinski definition) is 6. The van der Waals surface area contributed by atoms with Gasteiger partial charge in [-0.2, -0.15) is 0 Å². The van der Waals surface area contributed by atoms with Gasteiger partial charge in [-0.05, 0) is 95.9 Å². The van der Waals surface area contributed by atoms with Crippen LogP contribution >= 0.6 is 22.7 Å². The first-order valence-electron chi connectivity index (χ1n) is 20.5. The SMILES string of the molecule is c1ccc(N(c2ccccc2)c2ccc3c(c2)sc2c4c(ccc23)B2c3ccc5c(sc6cc(N(c7ccccc7)c7ccccc7)ccc65)c3Oc3cccc(c32)O4)cc1. The van der Waals surface area contributed by atoms with Crippen LogP contribution in [0.3, 0.4) is 0 Å². The van der Waals surface area contributed by atoms with Gasteiger partial charge in [0.05, 0.1) is 9.40 Å². The van der Waals surface area contributed by atoms with Crippen molar-refractivity contribution in [1.82, 2.24) is 0 Å². The molecule has 0 saturated carbocycles. The van der Waals surface area contributed by atoms with E-state index in [1.54, 1.807) is 0 Å². The molecule has 0 saturated heterocycles. The van der Waals surface area contributed by atoms with E-state index in [2.05, 4.69) is 210 Å². The van der Waals surface area contributed by atoms with E-state index in [1.165, 1.54) is 41.9 Å². The molecule has 4 heterocycles. The van der Waals surface area contributed by atoms with Crippen LogP contribution in [0.25, 0.3) is 40.3 Å². The van der Waals surface area contributed by atoms with Crippen molar-refractivity contribution in [2.45, 2.75) is 0 Å². The molecule has 0 amide bonds. The van der Waals surface area contributed by atoms with E-state index in [4.69, 9.17) is 9.47 Å². The Morgan fingerprint density at radius 1 is 0.344 bits per heavy atom. The van der Waals surface area contributed by atoms with E-state index < -0.39 is 0 Å². The average Bonchev–Trinajstić information content (AvgIpc) is 3.89. The molecule has 0 fully saturated rings. The summed E-state index contributed by atoms with van der Waals surface area (Å²) in [5.74, 6) is 3.59. The Labute approximate surface area is 360 Å². The highest BCUT2D eigenvalue weighted by Gasteiger charge is 2.42. The maximum atomic E-state index is 6.96. The molecule has 7 heteroatoms. The molecule has 286 valence electrons. The second kappa shape index (κ2) is 13.6. The molecule has 0 atom stereocenters.